The molecule has 140 valence electrons. The van der Waals surface area contributed by atoms with Crippen LogP contribution in [0.1, 0.15) is 23.2 Å². The zero-order chi connectivity index (χ0) is 19.2. The summed E-state index contributed by atoms with van der Waals surface area (Å²) < 4.78 is 10.2. The Kier molecular flexibility index (Phi) is 5.71. The van der Waals surface area contributed by atoms with Crippen molar-refractivity contribution in [1.29, 1.82) is 0 Å². The van der Waals surface area contributed by atoms with Crippen molar-refractivity contribution in [1.82, 2.24) is 0 Å². The molecule has 3 rings (SSSR count). The molecule has 1 fully saturated rings. The van der Waals surface area contributed by atoms with Crippen molar-refractivity contribution in [2.24, 2.45) is 0 Å². The summed E-state index contributed by atoms with van der Waals surface area (Å²) >= 11 is 0. The predicted molar refractivity (Wildman–Crippen MR) is 99.9 cm³/mol. The van der Waals surface area contributed by atoms with Crippen LogP contribution in [-0.4, -0.2) is 38.0 Å². The van der Waals surface area contributed by atoms with E-state index in [9.17, 15) is 14.4 Å². The summed E-state index contributed by atoms with van der Waals surface area (Å²) in [7, 11) is 1.56. The number of nitrogens with one attached hydrogen (secondary N) is 1. The lowest BCUT2D eigenvalue weighted by molar-refractivity contribution is -0.119. The molecule has 0 unspecified atom stereocenters. The largest absolute Gasteiger partial charge is 0.497 e. The second-order valence-electron chi connectivity index (χ2n) is 6.02. The van der Waals surface area contributed by atoms with Gasteiger partial charge < -0.3 is 19.7 Å². The van der Waals surface area contributed by atoms with E-state index in [4.69, 9.17) is 9.47 Å². The van der Waals surface area contributed by atoms with E-state index in [1.807, 2.05) is 0 Å². The van der Waals surface area contributed by atoms with Crippen LogP contribution in [0.3, 0.4) is 0 Å². The maximum Gasteiger partial charge on any atom is 0.340 e. The number of hydrogen-bond donors (Lipinski definition) is 1. The normalized spacial score (nSPS) is 13.4. The first-order chi connectivity index (χ1) is 13.1. The van der Waals surface area contributed by atoms with Crippen molar-refractivity contribution in [3.05, 3.63) is 54.1 Å². The molecule has 1 aliphatic heterocycles. The zero-order valence-electron chi connectivity index (χ0n) is 14.9. The van der Waals surface area contributed by atoms with Gasteiger partial charge in [0.2, 0.25) is 5.91 Å². The predicted octanol–water partition coefficient (Wildman–Crippen LogP) is 2.62. The number of carbonyl (C=O) groups excluding carboxylic acids is 3. The van der Waals surface area contributed by atoms with Gasteiger partial charge in [-0.25, -0.2) is 4.79 Å². The van der Waals surface area contributed by atoms with Crippen LogP contribution < -0.4 is 15.0 Å². The Morgan fingerprint density at radius 1 is 1.11 bits per heavy atom. The van der Waals surface area contributed by atoms with E-state index in [1.165, 1.54) is 0 Å². The minimum Gasteiger partial charge on any atom is -0.497 e. The van der Waals surface area contributed by atoms with Crippen LogP contribution >= 0.6 is 0 Å². The minimum absolute atomic E-state index is 0.0208. The van der Waals surface area contributed by atoms with Crippen LogP contribution in [0.15, 0.2) is 48.5 Å². The van der Waals surface area contributed by atoms with E-state index in [1.54, 1.807) is 60.5 Å². The number of ether oxygens (including phenoxy) is 2. The molecule has 0 aromatic heterocycles. The SMILES string of the molecule is COc1ccc(NC(=O)COC(=O)c2ccccc2N2CCCC2=O)cc1. The van der Waals surface area contributed by atoms with Gasteiger partial charge in [-0.05, 0) is 42.8 Å². The molecule has 2 aromatic carbocycles. The Labute approximate surface area is 156 Å². The Bertz CT molecular complexity index is 848. The van der Waals surface area contributed by atoms with Crippen molar-refractivity contribution in [3.8, 4) is 5.75 Å². The average Bonchev–Trinajstić information content (AvgIpc) is 3.12. The van der Waals surface area contributed by atoms with E-state index in [0.717, 1.165) is 6.42 Å². The van der Waals surface area contributed by atoms with Crippen LogP contribution in [-0.2, 0) is 14.3 Å². The summed E-state index contributed by atoms with van der Waals surface area (Å²) in [5.41, 5.74) is 1.35. The van der Waals surface area contributed by atoms with Crippen LogP contribution in [0.2, 0.25) is 0 Å². The monoisotopic (exact) mass is 368 g/mol. The molecule has 2 amide bonds. The first kappa shape index (κ1) is 18.4. The number of anilines is 2. The topological polar surface area (TPSA) is 84.9 Å². The third-order valence-electron chi connectivity index (χ3n) is 4.20. The molecule has 0 saturated carbocycles. The number of carbonyl (C=O) groups is 3. The maximum atomic E-state index is 12.4. The molecule has 7 nitrogen and oxygen atoms in total. The number of rotatable bonds is 6. The molecule has 2 aromatic rings. The highest BCUT2D eigenvalue weighted by molar-refractivity contribution is 6.04. The van der Waals surface area contributed by atoms with Gasteiger partial charge in [-0.1, -0.05) is 12.1 Å². The Morgan fingerprint density at radius 3 is 2.52 bits per heavy atom. The maximum absolute atomic E-state index is 12.4. The van der Waals surface area contributed by atoms with Gasteiger partial charge in [-0.3, -0.25) is 9.59 Å². The number of benzene rings is 2. The lowest BCUT2D eigenvalue weighted by Crippen LogP contribution is -2.27. The third kappa shape index (κ3) is 4.44. The van der Waals surface area contributed by atoms with E-state index < -0.39 is 18.5 Å². The number of hydrogen-bond acceptors (Lipinski definition) is 5. The summed E-state index contributed by atoms with van der Waals surface area (Å²) in [6.07, 6.45) is 1.22. The molecule has 0 atom stereocenters. The Hall–Kier alpha value is -3.35. The molecule has 27 heavy (non-hydrogen) atoms. The average molecular weight is 368 g/mol. The minimum atomic E-state index is -0.643. The van der Waals surface area contributed by atoms with Gasteiger partial charge in [0.15, 0.2) is 6.61 Å². The van der Waals surface area contributed by atoms with Gasteiger partial charge >= 0.3 is 5.97 Å². The molecule has 0 radical (unpaired) electrons. The quantitative estimate of drug-likeness (QED) is 0.793. The summed E-state index contributed by atoms with van der Waals surface area (Å²) in [4.78, 5) is 38.0. The molecule has 0 spiro atoms. The summed E-state index contributed by atoms with van der Waals surface area (Å²) in [6, 6.07) is 13.5. The van der Waals surface area contributed by atoms with Crippen LogP contribution in [0.25, 0.3) is 0 Å². The number of amides is 2. The van der Waals surface area contributed by atoms with Crippen molar-refractivity contribution in [2.75, 3.05) is 30.5 Å². The van der Waals surface area contributed by atoms with Crippen molar-refractivity contribution in [2.45, 2.75) is 12.8 Å². The Balaban J connectivity index is 1.60. The number of methoxy groups -OCH3 is 1. The highest BCUT2D eigenvalue weighted by Gasteiger charge is 2.26. The van der Waals surface area contributed by atoms with Gasteiger partial charge in [-0.2, -0.15) is 0 Å². The molecule has 1 heterocycles. The van der Waals surface area contributed by atoms with Crippen molar-refractivity contribution < 1.29 is 23.9 Å². The first-order valence-electron chi connectivity index (χ1n) is 8.59. The zero-order valence-corrected chi connectivity index (χ0v) is 14.9. The van der Waals surface area contributed by atoms with Crippen LogP contribution in [0.5, 0.6) is 5.75 Å². The van der Waals surface area contributed by atoms with E-state index in [2.05, 4.69) is 5.32 Å². The van der Waals surface area contributed by atoms with E-state index >= 15 is 0 Å². The molecule has 0 aliphatic carbocycles. The number of nitrogens with zero attached hydrogens (tertiary/aromatic N) is 1. The van der Waals surface area contributed by atoms with E-state index in [-0.39, 0.29) is 11.5 Å². The fraction of sp³-hybridized carbons (Fsp3) is 0.250. The molecule has 1 N–H and O–H groups in total. The molecule has 0 bridgehead atoms. The lowest BCUT2D eigenvalue weighted by Gasteiger charge is -2.18. The van der Waals surface area contributed by atoms with Gasteiger partial charge in [-0.15, -0.1) is 0 Å². The highest BCUT2D eigenvalue weighted by atomic mass is 16.5. The summed E-state index contributed by atoms with van der Waals surface area (Å²) in [5.74, 6) is -0.446. The standard InChI is InChI=1S/C20H20N2O5/c1-26-15-10-8-14(9-11-15)21-18(23)13-27-20(25)16-5-2-3-6-17(16)22-12-4-7-19(22)24/h2-3,5-6,8-11H,4,7,12-13H2,1H3,(H,21,23). The molecule has 1 saturated heterocycles. The molecular formula is C20H20N2O5. The van der Waals surface area contributed by atoms with Gasteiger partial charge in [0.25, 0.3) is 5.91 Å². The van der Waals surface area contributed by atoms with Crippen LogP contribution in [0.4, 0.5) is 11.4 Å². The molecule has 7 heteroatoms. The third-order valence-corrected chi connectivity index (χ3v) is 4.20. The number of para-hydroxylation sites is 1. The summed E-state index contributed by atoms with van der Waals surface area (Å²) in [6.45, 7) is 0.147. The second kappa shape index (κ2) is 8.35. The van der Waals surface area contributed by atoms with Crippen LogP contribution in [0, 0.1) is 0 Å². The van der Waals surface area contributed by atoms with Gasteiger partial charge in [0.05, 0.1) is 18.4 Å². The molecular weight excluding hydrogens is 348 g/mol. The highest BCUT2D eigenvalue weighted by Crippen LogP contribution is 2.26. The summed E-state index contributed by atoms with van der Waals surface area (Å²) in [5, 5.41) is 2.64. The lowest BCUT2D eigenvalue weighted by atomic mass is 10.1. The smallest absolute Gasteiger partial charge is 0.340 e. The fourth-order valence-electron chi connectivity index (χ4n) is 2.86. The van der Waals surface area contributed by atoms with Crippen molar-refractivity contribution >= 4 is 29.2 Å². The fourth-order valence-corrected chi connectivity index (χ4v) is 2.86. The van der Waals surface area contributed by atoms with Gasteiger partial charge in [0.1, 0.15) is 5.75 Å². The first-order valence-corrected chi connectivity index (χ1v) is 8.59. The number of esters is 1. The van der Waals surface area contributed by atoms with E-state index in [0.29, 0.717) is 30.1 Å². The second-order valence-corrected chi connectivity index (χ2v) is 6.02. The Morgan fingerprint density at radius 2 is 1.85 bits per heavy atom. The molecule has 1 aliphatic rings. The van der Waals surface area contributed by atoms with Gasteiger partial charge in [0, 0.05) is 18.7 Å². The van der Waals surface area contributed by atoms with Crippen molar-refractivity contribution in [3.63, 3.8) is 0 Å².